The Morgan fingerprint density at radius 3 is 2.38 bits per heavy atom. The lowest BCUT2D eigenvalue weighted by Gasteiger charge is -1.98. The maximum absolute atomic E-state index is 11.3. The van der Waals surface area contributed by atoms with Crippen LogP contribution in [0.4, 0.5) is 0 Å². The van der Waals surface area contributed by atoms with Crippen molar-refractivity contribution in [1.82, 2.24) is 0 Å². The summed E-state index contributed by atoms with van der Waals surface area (Å²) in [6.45, 7) is 0. The molecule has 0 saturated heterocycles. The summed E-state index contributed by atoms with van der Waals surface area (Å²) in [5.41, 5.74) is 0. The van der Waals surface area contributed by atoms with E-state index in [1.807, 2.05) is 0 Å². The highest BCUT2D eigenvalue weighted by Gasteiger charge is 2.07. The van der Waals surface area contributed by atoms with E-state index in [0.29, 0.717) is 9.92 Å². The van der Waals surface area contributed by atoms with Crippen LogP contribution in [0.3, 0.4) is 0 Å². The van der Waals surface area contributed by atoms with Gasteiger partial charge in [0.05, 0.1) is 10.8 Å². The summed E-state index contributed by atoms with van der Waals surface area (Å²) >= 11 is 5.61. The van der Waals surface area contributed by atoms with Gasteiger partial charge < -0.3 is 5.11 Å². The molecule has 0 aromatic heterocycles. The molecule has 1 aromatic carbocycles. The molecule has 0 aliphatic heterocycles. The van der Waals surface area contributed by atoms with Crippen molar-refractivity contribution >= 4 is 28.4 Å². The molecule has 0 bridgehead atoms. The van der Waals surface area contributed by atoms with Crippen molar-refractivity contribution in [2.75, 3.05) is 5.75 Å². The molecule has 0 saturated carbocycles. The van der Waals surface area contributed by atoms with Crippen molar-refractivity contribution in [3.63, 3.8) is 0 Å². The molecule has 3 nitrogen and oxygen atoms in total. The van der Waals surface area contributed by atoms with Gasteiger partial charge in [-0.05, 0) is 24.3 Å². The number of carboxylic acid groups (broad SMARTS) is 1. The lowest BCUT2D eigenvalue weighted by atomic mass is 10.4. The van der Waals surface area contributed by atoms with E-state index in [4.69, 9.17) is 16.7 Å². The minimum atomic E-state index is -1.48. The summed E-state index contributed by atoms with van der Waals surface area (Å²) in [6.07, 6.45) is 0. The Bertz CT molecular complexity index is 334. The van der Waals surface area contributed by atoms with Crippen LogP contribution in [0.15, 0.2) is 29.2 Å². The van der Waals surface area contributed by atoms with Gasteiger partial charge >= 0.3 is 5.97 Å². The molecule has 0 aliphatic rings. The highest BCUT2D eigenvalue weighted by atomic mass is 35.5. The second kappa shape index (κ2) is 4.39. The Hall–Kier alpha value is -0.870. The molecule has 0 spiro atoms. The van der Waals surface area contributed by atoms with Crippen LogP contribution in [0, 0.1) is 0 Å². The van der Waals surface area contributed by atoms with Crippen LogP contribution in [0.25, 0.3) is 0 Å². The van der Waals surface area contributed by atoms with Gasteiger partial charge in [-0.3, -0.25) is 9.00 Å². The number of hydrogen-bond donors (Lipinski definition) is 1. The fourth-order valence-corrected chi connectivity index (χ4v) is 1.74. The Morgan fingerprint density at radius 1 is 1.38 bits per heavy atom. The fourth-order valence-electron chi connectivity index (χ4n) is 0.782. The zero-order chi connectivity index (χ0) is 9.84. The van der Waals surface area contributed by atoms with Crippen molar-refractivity contribution in [3.8, 4) is 0 Å². The van der Waals surface area contributed by atoms with Crippen LogP contribution in [0.5, 0.6) is 0 Å². The zero-order valence-corrected chi connectivity index (χ0v) is 8.14. The van der Waals surface area contributed by atoms with Crippen LogP contribution in [0.2, 0.25) is 5.02 Å². The highest BCUT2D eigenvalue weighted by Crippen LogP contribution is 2.12. The molecule has 1 rings (SSSR count). The predicted octanol–water partition coefficient (Wildman–Crippen LogP) is 1.53. The molecular formula is C8H7ClO3S. The number of hydrogen-bond acceptors (Lipinski definition) is 2. The molecule has 5 heteroatoms. The van der Waals surface area contributed by atoms with Crippen molar-refractivity contribution in [2.24, 2.45) is 0 Å². The maximum Gasteiger partial charge on any atom is 0.316 e. The third-order valence-electron chi connectivity index (χ3n) is 1.33. The third kappa shape index (κ3) is 3.16. The standard InChI is InChI=1S/C8H7ClO3S/c9-6-1-3-7(4-2-6)13(12)5-8(10)11/h1-4H,5H2,(H,10,11)/t13-/m0/s1. The summed E-state index contributed by atoms with van der Waals surface area (Å²) in [4.78, 5) is 10.7. The highest BCUT2D eigenvalue weighted by molar-refractivity contribution is 7.85. The van der Waals surface area contributed by atoms with E-state index in [1.165, 1.54) is 0 Å². The van der Waals surface area contributed by atoms with E-state index in [1.54, 1.807) is 24.3 Å². The largest absolute Gasteiger partial charge is 0.481 e. The first-order valence-corrected chi connectivity index (χ1v) is 5.15. The second-order valence-electron chi connectivity index (χ2n) is 2.34. The quantitative estimate of drug-likeness (QED) is 0.837. The van der Waals surface area contributed by atoms with E-state index in [9.17, 15) is 9.00 Å². The number of rotatable bonds is 3. The Kier molecular flexibility index (Phi) is 3.45. The van der Waals surface area contributed by atoms with Gasteiger partial charge in [-0.1, -0.05) is 11.6 Å². The topological polar surface area (TPSA) is 54.4 Å². The number of aliphatic carboxylic acids is 1. The molecule has 0 fully saturated rings. The van der Waals surface area contributed by atoms with Gasteiger partial charge in [-0.25, -0.2) is 0 Å². The molecule has 0 radical (unpaired) electrons. The van der Waals surface area contributed by atoms with Crippen molar-refractivity contribution in [3.05, 3.63) is 29.3 Å². The molecule has 0 amide bonds. The smallest absolute Gasteiger partial charge is 0.316 e. The summed E-state index contributed by atoms with van der Waals surface area (Å²) in [5.74, 6) is -1.45. The summed E-state index contributed by atoms with van der Waals surface area (Å²) < 4.78 is 11.3. The second-order valence-corrected chi connectivity index (χ2v) is 4.23. The van der Waals surface area contributed by atoms with Crippen molar-refractivity contribution in [2.45, 2.75) is 4.90 Å². The first kappa shape index (κ1) is 10.2. The molecule has 0 unspecified atom stereocenters. The average molecular weight is 219 g/mol. The van der Waals surface area contributed by atoms with Crippen LogP contribution in [-0.4, -0.2) is 21.0 Å². The van der Waals surface area contributed by atoms with Gasteiger partial charge in [0, 0.05) is 9.92 Å². The lowest BCUT2D eigenvalue weighted by Crippen LogP contribution is -2.08. The van der Waals surface area contributed by atoms with E-state index >= 15 is 0 Å². The Labute approximate surface area is 82.8 Å². The van der Waals surface area contributed by atoms with Crippen LogP contribution in [-0.2, 0) is 15.6 Å². The van der Waals surface area contributed by atoms with Crippen LogP contribution >= 0.6 is 11.6 Å². The number of benzene rings is 1. The van der Waals surface area contributed by atoms with Crippen molar-refractivity contribution in [1.29, 1.82) is 0 Å². The third-order valence-corrected chi connectivity index (χ3v) is 2.89. The molecule has 0 heterocycles. The van der Waals surface area contributed by atoms with E-state index < -0.39 is 16.8 Å². The van der Waals surface area contributed by atoms with Crippen LogP contribution < -0.4 is 0 Å². The molecule has 70 valence electrons. The monoisotopic (exact) mass is 218 g/mol. The summed E-state index contributed by atoms with van der Waals surface area (Å²) in [6, 6.07) is 6.27. The Balaban J connectivity index is 2.78. The van der Waals surface area contributed by atoms with Gasteiger partial charge in [-0.2, -0.15) is 0 Å². The number of carbonyl (C=O) groups is 1. The van der Waals surface area contributed by atoms with Gasteiger partial charge in [0.15, 0.2) is 0 Å². The number of carboxylic acids is 1. The maximum atomic E-state index is 11.3. The fraction of sp³-hybridized carbons (Fsp3) is 0.125. The van der Waals surface area contributed by atoms with Gasteiger partial charge in [0.2, 0.25) is 0 Å². The Morgan fingerprint density at radius 2 is 1.92 bits per heavy atom. The SMILES string of the molecule is O=C(O)C[S@](=O)c1ccc(Cl)cc1. The zero-order valence-electron chi connectivity index (χ0n) is 6.57. The predicted molar refractivity (Wildman–Crippen MR) is 50.4 cm³/mol. The lowest BCUT2D eigenvalue weighted by molar-refractivity contribution is -0.133. The molecule has 1 N–H and O–H groups in total. The minimum Gasteiger partial charge on any atom is -0.481 e. The first-order valence-electron chi connectivity index (χ1n) is 3.45. The van der Waals surface area contributed by atoms with Gasteiger partial charge in [0.1, 0.15) is 5.75 Å². The molecule has 1 aromatic rings. The summed E-state index contributed by atoms with van der Waals surface area (Å²) in [7, 11) is -1.48. The van der Waals surface area contributed by atoms with Crippen molar-refractivity contribution < 1.29 is 14.1 Å². The van der Waals surface area contributed by atoms with E-state index in [2.05, 4.69) is 0 Å². The van der Waals surface area contributed by atoms with E-state index in [0.717, 1.165) is 0 Å². The molecule has 0 aliphatic carbocycles. The molecule has 13 heavy (non-hydrogen) atoms. The van der Waals surface area contributed by atoms with Gasteiger partial charge in [0.25, 0.3) is 0 Å². The van der Waals surface area contributed by atoms with Crippen LogP contribution in [0.1, 0.15) is 0 Å². The summed E-state index contributed by atoms with van der Waals surface area (Å²) in [5, 5.41) is 8.92. The first-order chi connectivity index (χ1) is 6.09. The average Bonchev–Trinajstić information content (AvgIpc) is 2.04. The van der Waals surface area contributed by atoms with Gasteiger partial charge in [-0.15, -0.1) is 0 Å². The normalized spacial score (nSPS) is 12.4. The number of halogens is 1. The van der Waals surface area contributed by atoms with E-state index in [-0.39, 0.29) is 5.75 Å². The molecular weight excluding hydrogens is 212 g/mol. The molecule has 1 atom stereocenters. The minimum absolute atomic E-state index is 0.373.